The molecule has 1 aromatic carbocycles. The Bertz CT molecular complexity index is 393. The highest BCUT2D eigenvalue weighted by Crippen LogP contribution is 2.27. The third-order valence-corrected chi connectivity index (χ3v) is 2.85. The first kappa shape index (κ1) is 11.8. The van der Waals surface area contributed by atoms with Gasteiger partial charge in [0.1, 0.15) is 5.75 Å². The molecule has 0 saturated heterocycles. The van der Waals surface area contributed by atoms with E-state index < -0.39 is 0 Å². The van der Waals surface area contributed by atoms with E-state index in [4.69, 9.17) is 10.5 Å². The second-order valence-electron chi connectivity index (χ2n) is 4.39. The van der Waals surface area contributed by atoms with Gasteiger partial charge in [-0.1, -0.05) is 19.1 Å². The summed E-state index contributed by atoms with van der Waals surface area (Å²) in [6.07, 6.45) is 7.60. The van der Waals surface area contributed by atoms with Gasteiger partial charge < -0.3 is 15.8 Å². The van der Waals surface area contributed by atoms with Gasteiger partial charge in [-0.25, -0.2) is 0 Å². The smallest absolute Gasteiger partial charge is 0.144 e. The van der Waals surface area contributed by atoms with Gasteiger partial charge in [-0.2, -0.15) is 0 Å². The lowest BCUT2D eigenvalue weighted by atomic mass is 10.2. The third-order valence-electron chi connectivity index (χ3n) is 2.85. The number of hydrogen-bond acceptors (Lipinski definition) is 3. The Morgan fingerprint density at radius 1 is 1.35 bits per heavy atom. The number of ether oxygens (including phenoxy) is 1. The van der Waals surface area contributed by atoms with Crippen LogP contribution in [0.1, 0.15) is 26.2 Å². The standard InChI is InChI=1S/C14H20N2O/c1-2-9-17-14-10-12(7-8-13(14)15)16-11-5-3-4-6-11/h3-4,7-8,10-11,16H,2,5-6,9,15H2,1H3. The number of benzene rings is 1. The highest BCUT2D eigenvalue weighted by molar-refractivity contribution is 5.61. The average molecular weight is 232 g/mol. The van der Waals surface area contributed by atoms with Gasteiger partial charge in [-0.3, -0.25) is 0 Å². The SMILES string of the molecule is CCCOc1cc(NC2CC=CC2)ccc1N. The lowest BCUT2D eigenvalue weighted by molar-refractivity contribution is 0.319. The number of anilines is 2. The van der Waals surface area contributed by atoms with Crippen LogP contribution >= 0.6 is 0 Å². The summed E-state index contributed by atoms with van der Waals surface area (Å²) < 4.78 is 5.61. The Balaban J connectivity index is 2.01. The normalized spacial score (nSPS) is 15.1. The fraction of sp³-hybridized carbons (Fsp3) is 0.429. The summed E-state index contributed by atoms with van der Waals surface area (Å²) in [5, 5.41) is 3.49. The third kappa shape index (κ3) is 3.16. The van der Waals surface area contributed by atoms with E-state index in [1.54, 1.807) is 0 Å². The Labute approximate surface area is 103 Å². The van der Waals surface area contributed by atoms with Crippen LogP contribution in [0.5, 0.6) is 5.75 Å². The number of nitrogens with two attached hydrogens (primary N) is 1. The molecule has 3 heteroatoms. The van der Waals surface area contributed by atoms with Crippen LogP contribution in [0.15, 0.2) is 30.4 Å². The van der Waals surface area contributed by atoms with Crippen molar-refractivity contribution in [3.63, 3.8) is 0 Å². The van der Waals surface area contributed by atoms with Crippen molar-refractivity contribution in [3.8, 4) is 5.75 Å². The van der Waals surface area contributed by atoms with E-state index in [1.165, 1.54) is 0 Å². The molecule has 1 aromatic rings. The molecule has 1 aliphatic rings. The molecule has 0 unspecified atom stereocenters. The van der Waals surface area contributed by atoms with Crippen molar-refractivity contribution in [1.82, 2.24) is 0 Å². The minimum Gasteiger partial charge on any atom is -0.491 e. The molecule has 0 bridgehead atoms. The second-order valence-corrected chi connectivity index (χ2v) is 4.39. The fourth-order valence-electron chi connectivity index (χ4n) is 1.93. The van der Waals surface area contributed by atoms with E-state index in [1.807, 2.05) is 18.2 Å². The summed E-state index contributed by atoms with van der Waals surface area (Å²) >= 11 is 0. The van der Waals surface area contributed by atoms with Crippen molar-refractivity contribution in [1.29, 1.82) is 0 Å². The molecule has 0 saturated carbocycles. The highest BCUT2D eigenvalue weighted by atomic mass is 16.5. The van der Waals surface area contributed by atoms with Crippen LogP contribution in [0.25, 0.3) is 0 Å². The topological polar surface area (TPSA) is 47.3 Å². The molecule has 0 amide bonds. The summed E-state index contributed by atoms with van der Waals surface area (Å²) in [6, 6.07) is 6.41. The number of hydrogen-bond donors (Lipinski definition) is 2. The first-order valence-electron chi connectivity index (χ1n) is 6.23. The Hall–Kier alpha value is -1.64. The summed E-state index contributed by atoms with van der Waals surface area (Å²) in [6.45, 7) is 2.79. The van der Waals surface area contributed by atoms with Gasteiger partial charge in [-0.15, -0.1) is 0 Å². The summed E-state index contributed by atoms with van der Waals surface area (Å²) in [5.74, 6) is 0.780. The zero-order chi connectivity index (χ0) is 12.1. The van der Waals surface area contributed by atoms with Crippen molar-refractivity contribution >= 4 is 11.4 Å². The van der Waals surface area contributed by atoms with Crippen molar-refractivity contribution in [2.75, 3.05) is 17.7 Å². The molecule has 3 N–H and O–H groups in total. The quantitative estimate of drug-likeness (QED) is 0.605. The molecule has 0 aromatic heterocycles. The molecule has 92 valence electrons. The Kier molecular flexibility index (Phi) is 3.91. The predicted molar refractivity (Wildman–Crippen MR) is 72.4 cm³/mol. The second kappa shape index (κ2) is 5.62. The van der Waals surface area contributed by atoms with Crippen LogP contribution in [-0.2, 0) is 0 Å². The average Bonchev–Trinajstić information content (AvgIpc) is 2.82. The van der Waals surface area contributed by atoms with Crippen LogP contribution in [0.3, 0.4) is 0 Å². The molecule has 0 fully saturated rings. The Morgan fingerprint density at radius 3 is 2.82 bits per heavy atom. The molecular weight excluding hydrogens is 212 g/mol. The molecule has 3 nitrogen and oxygen atoms in total. The van der Waals surface area contributed by atoms with Gasteiger partial charge >= 0.3 is 0 Å². The lowest BCUT2D eigenvalue weighted by Crippen LogP contribution is -2.15. The van der Waals surface area contributed by atoms with Gasteiger partial charge in [-0.05, 0) is 31.4 Å². The van der Waals surface area contributed by atoms with E-state index in [0.29, 0.717) is 18.3 Å². The Morgan fingerprint density at radius 2 is 2.12 bits per heavy atom. The molecule has 0 heterocycles. The predicted octanol–water partition coefficient (Wildman–Crippen LogP) is 3.19. The summed E-state index contributed by atoms with van der Waals surface area (Å²) in [4.78, 5) is 0. The van der Waals surface area contributed by atoms with Crippen LogP contribution in [0, 0.1) is 0 Å². The first-order chi connectivity index (χ1) is 8.29. The molecule has 2 rings (SSSR count). The molecule has 0 spiro atoms. The van der Waals surface area contributed by atoms with Gasteiger partial charge in [0.25, 0.3) is 0 Å². The van der Waals surface area contributed by atoms with Crippen molar-refractivity contribution < 1.29 is 4.74 Å². The van der Waals surface area contributed by atoms with Gasteiger partial charge in [0.2, 0.25) is 0 Å². The summed E-state index contributed by atoms with van der Waals surface area (Å²) in [5.41, 5.74) is 7.66. The van der Waals surface area contributed by atoms with E-state index in [2.05, 4.69) is 24.4 Å². The fourth-order valence-corrected chi connectivity index (χ4v) is 1.93. The first-order valence-corrected chi connectivity index (χ1v) is 6.23. The molecular formula is C14H20N2O. The maximum Gasteiger partial charge on any atom is 0.144 e. The molecule has 0 atom stereocenters. The van der Waals surface area contributed by atoms with Crippen molar-refractivity contribution in [3.05, 3.63) is 30.4 Å². The molecule has 17 heavy (non-hydrogen) atoms. The van der Waals surface area contributed by atoms with Crippen LogP contribution in [0.2, 0.25) is 0 Å². The minimum absolute atomic E-state index is 0.512. The van der Waals surface area contributed by atoms with Crippen LogP contribution in [0.4, 0.5) is 11.4 Å². The lowest BCUT2D eigenvalue weighted by Gasteiger charge is -2.15. The highest BCUT2D eigenvalue weighted by Gasteiger charge is 2.10. The molecule has 0 radical (unpaired) electrons. The van der Waals surface area contributed by atoms with Gasteiger partial charge in [0, 0.05) is 17.8 Å². The van der Waals surface area contributed by atoms with Gasteiger partial charge in [0.15, 0.2) is 0 Å². The molecule has 1 aliphatic carbocycles. The van der Waals surface area contributed by atoms with E-state index in [-0.39, 0.29) is 0 Å². The monoisotopic (exact) mass is 232 g/mol. The van der Waals surface area contributed by atoms with E-state index in [9.17, 15) is 0 Å². The zero-order valence-electron chi connectivity index (χ0n) is 10.3. The van der Waals surface area contributed by atoms with Crippen LogP contribution < -0.4 is 15.8 Å². The maximum absolute atomic E-state index is 5.87. The number of rotatable bonds is 5. The van der Waals surface area contributed by atoms with Crippen LogP contribution in [-0.4, -0.2) is 12.6 Å². The number of nitrogens with one attached hydrogen (secondary N) is 1. The minimum atomic E-state index is 0.512. The largest absolute Gasteiger partial charge is 0.491 e. The van der Waals surface area contributed by atoms with Gasteiger partial charge in [0.05, 0.1) is 12.3 Å². The van der Waals surface area contributed by atoms with E-state index >= 15 is 0 Å². The number of nitrogen functional groups attached to an aromatic ring is 1. The summed E-state index contributed by atoms with van der Waals surface area (Å²) in [7, 11) is 0. The van der Waals surface area contributed by atoms with Crippen molar-refractivity contribution in [2.45, 2.75) is 32.2 Å². The zero-order valence-corrected chi connectivity index (χ0v) is 10.3. The maximum atomic E-state index is 5.87. The van der Waals surface area contributed by atoms with Crippen molar-refractivity contribution in [2.24, 2.45) is 0 Å². The molecule has 0 aliphatic heterocycles. The van der Waals surface area contributed by atoms with E-state index in [0.717, 1.165) is 30.7 Å².